The molecule has 4 rings (SSSR count). The molecule has 146 valence electrons. The molecule has 0 saturated heterocycles. The Morgan fingerprint density at radius 1 is 0.966 bits per heavy atom. The van der Waals surface area contributed by atoms with Crippen molar-refractivity contribution in [3.8, 4) is 17.1 Å². The Labute approximate surface area is 179 Å². The molecule has 0 unspecified atom stereocenters. The van der Waals surface area contributed by atoms with Gasteiger partial charge in [-0.2, -0.15) is 0 Å². The summed E-state index contributed by atoms with van der Waals surface area (Å²) in [6.45, 7) is 1.27. The minimum absolute atomic E-state index is 0.493. The van der Waals surface area contributed by atoms with Crippen molar-refractivity contribution >= 4 is 23.8 Å². The lowest BCUT2D eigenvalue weighted by molar-refractivity contribution is 0.244. The first-order valence-corrected chi connectivity index (χ1v) is 10.00. The predicted molar refractivity (Wildman–Crippen MR) is 119 cm³/mol. The van der Waals surface area contributed by atoms with Gasteiger partial charge < -0.3 is 0 Å². The molecule has 2 aromatic carbocycles. The van der Waals surface area contributed by atoms with Crippen LogP contribution in [0, 0.1) is 4.77 Å². The second kappa shape index (κ2) is 8.69. The van der Waals surface area contributed by atoms with E-state index in [1.807, 2.05) is 83.0 Å². The van der Waals surface area contributed by atoms with Crippen molar-refractivity contribution in [3.05, 3.63) is 94.5 Å². The summed E-state index contributed by atoms with van der Waals surface area (Å²) in [6, 6.07) is 24.0. The van der Waals surface area contributed by atoms with Gasteiger partial charge >= 0.3 is 0 Å². The van der Waals surface area contributed by atoms with Gasteiger partial charge in [0.05, 0.1) is 6.67 Å². The van der Waals surface area contributed by atoms with Crippen LogP contribution in [0.15, 0.2) is 79.0 Å². The fourth-order valence-corrected chi connectivity index (χ4v) is 3.58. The molecular weight excluding hydrogens is 402 g/mol. The first kappa shape index (κ1) is 19.5. The molecule has 0 N–H and O–H groups in total. The van der Waals surface area contributed by atoms with Gasteiger partial charge in [0.15, 0.2) is 5.82 Å². The van der Waals surface area contributed by atoms with Crippen LogP contribution in [0.25, 0.3) is 17.1 Å². The van der Waals surface area contributed by atoms with Crippen molar-refractivity contribution in [3.63, 3.8) is 0 Å². The van der Waals surface area contributed by atoms with E-state index in [0.29, 0.717) is 23.1 Å². The van der Waals surface area contributed by atoms with E-state index in [0.717, 1.165) is 22.6 Å². The smallest absolute Gasteiger partial charge is 0.204 e. The molecule has 0 fully saturated rings. The minimum Gasteiger partial charge on any atom is -0.283 e. The fourth-order valence-electron chi connectivity index (χ4n) is 3.17. The van der Waals surface area contributed by atoms with Gasteiger partial charge in [-0.1, -0.05) is 66.2 Å². The third-order valence-electron chi connectivity index (χ3n) is 4.50. The zero-order valence-corrected chi connectivity index (χ0v) is 17.5. The van der Waals surface area contributed by atoms with E-state index in [1.165, 1.54) is 0 Å². The minimum atomic E-state index is 0.493. The normalized spacial score (nSPS) is 11.1. The average molecular weight is 422 g/mol. The summed E-state index contributed by atoms with van der Waals surface area (Å²) in [7, 11) is 2.03. The summed E-state index contributed by atoms with van der Waals surface area (Å²) in [5, 5.41) is 5.34. The van der Waals surface area contributed by atoms with E-state index in [4.69, 9.17) is 28.9 Å². The molecule has 0 bridgehead atoms. The van der Waals surface area contributed by atoms with Crippen LogP contribution < -0.4 is 0 Å². The number of aromatic nitrogens is 4. The summed E-state index contributed by atoms with van der Waals surface area (Å²) >= 11 is 11.7. The Kier molecular flexibility index (Phi) is 5.85. The Bertz CT molecular complexity index is 1140. The van der Waals surface area contributed by atoms with E-state index >= 15 is 0 Å². The molecule has 2 heterocycles. The van der Waals surface area contributed by atoms with Crippen LogP contribution in [-0.4, -0.2) is 31.3 Å². The number of nitrogens with zero attached hydrogens (tertiary/aromatic N) is 5. The van der Waals surface area contributed by atoms with Crippen LogP contribution in [-0.2, 0) is 13.2 Å². The quantitative estimate of drug-likeness (QED) is 0.316. The van der Waals surface area contributed by atoms with Crippen molar-refractivity contribution in [2.75, 3.05) is 7.05 Å². The number of para-hydroxylation sites is 1. The molecule has 0 aliphatic rings. The van der Waals surface area contributed by atoms with Crippen molar-refractivity contribution in [2.45, 2.75) is 13.2 Å². The lowest BCUT2D eigenvalue weighted by Gasteiger charge is -2.16. The zero-order valence-electron chi connectivity index (χ0n) is 15.9. The van der Waals surface area contributed by atoms with E-state index in [9.17, 15) is 0 Å². The monoisotopic (exact) mass is 421 g/mol. The van der Waals surface area contributed by atoms with Crippen LogP contribution in [0.2, 0.25) is 5.15 Å². The first-order chi connectivity index (χ1) is 14.1. The summed E-state index contributed by atoms with van der Waals surface area (Å²) in [4.78, 5) is 6.28. The Morgan fingerprint density at radius 2 is 1.66 bits per heavy atom. The third-order valence-corrected chi connectivity index (χ3v) is 5.12. The van der Waals surface area contributed by atoms with E-state index in [2.05, 4.69) is 9.88 Å². The van der Waals surface area contributed by atoms with Gasteiger partial charge in [-0.05, 0) is 43.0 Å². The maximum atomic E-state index is 5.88. The third kappa shape index (κ3) is 4.45. The van der Waals surface area contributed by atoms with Gasteiger partial charge in [-0.25, -0.2) is 9.67 Å². The fraction of sp³-hybridized carbons (Fsp3) is 0.136. The van der Waals surface area contributed by atoms with Crippen LogP contribution >= 0.6 is 23.8 Å². The summed E-state index contributed by atoms with van der Waals surface area (Å²) < 4.78 is 4.52. The Hall–Kier alpha value is -2.80. The van der Waals surface area contributed by atoms with Gasteiger partial charge in [-0.3, -0.25) is 9.47 Å². The van der Waals surface area contributed by atoms with Gasteiger partial charge in [0, 0.05) is 24.0 Å². The topological polar surface area (TPSA) is 38.9 Å². The second-order valence-electron chi connectivity index (χ2n) is 6.79. The molecular formula is C22H20ClN5S. The number of benzene rings is 2. The Balaban J connectivity index is 1.68. The maximum absolute atomic E-state index is 5.88. The largest absolute Gasteiger partial charge is 0.283 e. The maximum Gasteiger partial charge on any atom is 0.204 e. The van der Waals surface area contributed by atoms with Crippen LogP contribution in [0.3, 0.4) is 0 Å². The highest BCUT2D eigenvalue weighted by Gasteiger charge is 2.15. The summed E-state index contributed by atoms with van der Waals surface area (Å²) in [5.41, 5.74) is 3.09. The zero-order chi connectivity index (χ0) is 20.2. The number of rotatable bonds is 6. The van der Waals surface area contributed by atoms with E-state index in [1.54, 1.807) is 12.3 Å². The van der Waals surface area contributed by atoms with Gasteiger partial charge in [0.2, 0.25) is 4.77 Å². The molecule has 29 heavy (non-hydrogen) atoms. The standard InChI is InChI=1S/C22H20ClN5S/c1-26(15-17-12-13-20(23)24-14-17)16-27-22(29)28(19-10-6-3-7-11-19)21(25-27)18-8-4-2-5-9-18/h2-14H,15-16H2,1H3. The highest BCUT2D eigenvalue weighted by atomic mass is 35.5. The molecule has 0 aliphatic heterocycles. The summed E-state index contributed by atoms with van der Waals surface area (Å²) in [5.74, 6) is 0.823. The molecule has 0 aliphatic carbocycles. The van der Waals surface area contributed by atoms with Crippen molar-refractivity contribution < 1.29 is 0 Å². The molecule has 4 aromatic rings. The number of hydrogen-bond acceptors (Lipinski definition) is 4. The summed E-state index contributed by atoms with van der Waals surface area (Å²) in [6.07, 6.45) is 1.79. The average Bonchev–Trinajstić information content (AvgIpc) is 3.07. The number of halogens is 1. The van der Waals surface area contributed by atoms with Gasteiger partial charge in [-0.15, -0.1) is 5.10 Å². The Morgan fingerprint density at radius 3 is 2.31 bits per heavy atom. The van der Waals surface area contributed by atoms with Crippen molar-refractivity contribution in [1.29, 1.82) is 0 Å². The molecule has 7 heteroatoms. The molecule has 0 saturated carbocycles. The molecule has 5 nitrogen and oxygen atoms in total. The van der Waals surface area contributed by atoms with Crippen molar-refractivity contribution in [2.24, 2.45) is 0 Å². The van der Waals surface area contributed by atoms with Crippen LogP contribution in [0.4, 0.5) is 0 Å². The molecule has 0 atom stereocenters. The van der Waals surface area contributed by atoms with E-state index < -0.39 is 0 Å². The highest BCUT2D eigenvalue weighted by molar-refractivity contribution is 7.71. The molecule has 2 aromatic heterocycles. The molecule has 0 spiro atoms. The highest BCUT2D eigenvalue weighted by Crippen LogP contribution is 2.22. The molecule has 0 amide bonds. The second-order valence-corrected chi connectivity index (χ2v) is 7.54. The van der Waals surface area contributed by atoms with Gasteiger partial charge in [0.1, 0.15) is 5.15 Å². The number of pyridine rings is 1. The van der Waals surface area contributed by atoms with Crippen LogP contribution in [0.5, 0.6) is 0 Å². The van der Waals surface area contributed by atoms with E-state index in [-0.39, 0.29) is 0 Å². The molecule has 0 radical (unpaired) electrons. The van der Waals surface area contributed by atoms with Gasteiger partial charge in [0.25, 0.3) is 0 Å². The number of hydrogen-bond donors (Lipinski definition) is 0. The van der Waals surface area contributed by atoms with Crippen LogP contribution in [0.1, 0.15) is 5.56 Å². The SMILES string of the molecule is CN(Cc1ccc(Cl)nc1)Cn1nc(-c2ccccc2)n(-c2ccccc2)c1=S. The first-order valence-electron chi connectivity index (χ1n) is 9.21. The predicted octanol–water partition coefficient (Wildman–Crippen LogP) is 5.21. The van der Waals surface area contributed by atoms with Crippen molar-refractivity contribution in [1.82, 2.24) is 24.2 Å². The lowest BCUT2D eigenvalue weighted by atomic mass is 10.2. The lowest BCUT2D eigenvalue weighted by Crippen LogP contribution is -2.22.